The molecule has 5 nitrogen and oxygen atoms in total. The predicted molar refractivity (Wildman–Crippen MR) is 104 cm³/mol. The molecule has 0 heterocycles. The van der Waals surface area contributed by atoms with Crippen molar-refractivity contribution in [2.45, 2.75) is 0 Å². The Bertz CT molecular complexity index is 758. The monoisotopic (exact) mass is 433 g/mol. The number of carbonyl (C=O) groups is 2. The van der Waals surface area contributed by atoms with Gasteiger partial charge in [-0.15, -0.1) is 0 Å². The van der Waals surface area contributed by atoms with Gasteiger partial charge in [0.25, 0.3) is 11.8 Å². The van der Waals surface area contributed by atoms with Crippen LogP contribution in [0.3, 0.4) is 0 Å². The van der Waals surface area contributed by atoms with Gasteiger partial charge in [0.15, 0.2) is 0 Å². The minimum Gasteiger partial charge on any atom is -0.343 e. The largest absolute Gasteiger partial charge is 0.343 e. The van der Waals surface area contributed by atoms with Crippen molar-refractivity contribution in [3.63, 3.8) is 0 Å². The molecule has 0 aromatic heterocycles. The van der Waals surface area contributed by atoms with E-state index in [-0.39, 0.29) is 12.5 Å². The van der Waals surface area contributed by atoms with E-state index < -0.39 is 5.91 Å². The van der Waals surface area contributed by atoms with Crippen molar-refractivity contribution in [2.24, 2.45) is 5.10 Å². The molecule has 0 bridgehead atoms. The molecule has 6 heteroatoms. The molecule has 0 aliphatic heterocycles. The summed E-state index contributed by atoms with van der Waals surface area (Å²) in [7, 11) is 0. The second-order valence-corrected chi connectivity index (χ2v) is 5.91. The third-order valence-electron chi connectivity index (χ3n) is 2.97. The smallest absolute Gasteiger partial charge is 0.259 e. The third kappa shape index (κ3) is 5.96. The van der Waals surface area contributed by atoms with E-state index in [2.05, 4.69) is 38.4 Å². The summed E-state index contributed by atoms with van der Waals surface area (Å²) in [5, 5.41) is 6.35. The van der Waals surface area contributed by atoms with Crippen LogP contribution in [0.2, 0.25) is 0 Å². The van der Waals surface area contributed by atoms with E-state index in [9.17, 15) is 9.59 Å². The van der Waals surface area contributed by atoms with Crippen LogP contribution < -0.4 is 10.7 Å². The van der Waals surface area contributed by atoms with Gasteiger partial charge in [-0.1, -0.05) is 48.5 Å². The summed E-state index contributed by atoms with van der Waals surface area (Å²) in [4.78, 5) is 23.6. The number of carbonyl (C=O) groups excluding carboxylic acids is 2. The molecule has 2 amide bonds. The SMILES string of the molecule is O=C(CNC(=O)c1ccccc1I)N/N=C/C=C/c1ccccc1. The van der Waals surface area contributed by atoms with Crippen LogP contribution in [0, 0.1) is 3.57 Å². The van der Waals surface area contributed by atoms with E-state index in [0.29, 0.717) is 5.56 Å². The average molecular weight is 433 g/mol. The topological polar surface area (TPSA) is 70.6 Å². The summed E-state index contributed by atoms with van der Waals surface area (Å²) in [5.74, 6) is -0.679. The number of nitrogens with zero attached hydrogens (tertiary/aromatic N) is 1. The first-order valence-corrected chi connectivity index (χ1v) is 8.31. The maximum atomic E-state index is 12.0. The fourth-order valence-electron chi connectivity index (χ4n) is 1.81. The normalized spacial score (nSPS) is 10.9. The Kier molecular flexibility index (Phi) is 7.16. The van der Waals surface area contributed by atoms with Gasteiger partial charge >= 0.3 is 0 Å². The number of hydrogen-bond acceptors (Lipinski definition) is 3. The molecular formula is C18H16IN3O2. The first kappa shape index (κ1) is 17.9. The summed E-state index contributed by atoms with van der Waals surface area (Å²) >= 11 is 2.08. The molecule has 122 valence electrons. The van der Waals surface area contributed by atoms with E-state index in [4.69, 9.17) is 0 Å². The van der Waals surface area contributed by atoms with Gasteiger partial charge in [0.05, 0.1) is 12.1 Å². The van der Waals surface area contributed by atoms with E-state index in [0.717, 1.165) is 9.13 Å². The van der Waals surface area contributed by atoms with Crippen molar-refractivity contribution in [2.75, 3.05) is 6.54 Å². The standard InChI is InChI=1S/C18H16IN3O2/c19-16-11-5-4-10-15(16)18(24)20-13-17(23)22-21-12-6-9-14-7-2-1-3-8-14/h1-12H,13H2,(H,20,24)(H,22,23)/b9-6+,21-12+. The molecule has 0 aliphatic carbocycles. The van der Waals surface area contributed by atoms with Gasteiger partial charge in [0.1, 0.15) is 0 Å². The number of halogens is 1. The Morgan fingerprint density at radius 3 is 2.50 bits per heavy atom. The molecule has 0 radical (unpaired) electrons. The molecule has 0 fully saturated rings. The summed E-state index contributed by atoms with van der Waals surface area (Å²) in [5.41, 5.74) is 3.94. The van der Waals surface area contributed by atoms with Crippen LogP contribution in [0.15, 0.2) is 65.8 Å². The lowest BCUT2D eigenvalue weighted by Crippen LogP contribution is -2.35. The second-order valence-electron chi connectivity index (χ2n) is 4.75. The van der Waals surface area contributed by atoms with Gasteiger partial charge in [0.2, 0.25) is 0 Å². The summed E-state index contributed by atoms with van der Waals surface area (Å²) in [6.07, 6.45) is 5.07. The number of rotatable bonds is 6. The number of nitrogens with one attached hydrogen (secondary N) is 2. The fraction of sp³-hybridized carbons (Fsp3) is 0.0556. The van der Waals surface area contributed by atoms with E-state index in [1.54, 1.807) is 18.2 Å². The van der Waals surface area contributed by atoms with Crippen LogP contribution in [0.5, 0.6) is 0 Å². The van der Waals surface area contributed by atoms with Crippen LogP contribution in [-0.2, 0) is 4.79 Å². The van der Waals surface area contributed by atoms with Crippen molar-refractivity contribution in [1.82, 2.24) is 10.7 Å². The summed E-state index contributed by atoms with van der Waals surface area (Å²) < 4.78 is 0.831. The maximum Gasteiger partial charge on any atom is 0.259 e. The number of hydrogen-bond donors (Lipinski definition) is 2. The molecule has 2 aromatic carbocycles. The quantitative estimate of drug-likeness (QED) is 0.418. The fourth-order valence-corrected chi connectivity index (χ4v) is 2.44. The zero-order valence-corrected chi connectivity index (χ0v) is 14.9. The zero-order valence-electron chi connectivity index (χ0n) is 12.8. The molecule has 0 spiro atoms. The lowest BCUT2D eigenvalue weighted by molar-refractivity contribution is -0.120. The van der Waals surface area contributed by atoms with Crippen molar-refractivity contribution in [3.8, 4) is 0 Å². The van der Waals surface area contributed by atoms with Crippen molar-refractivity contribution in [3.05, 3.63) is 75.4 Å². The molecular weight excluding hydrogens is 417 g/mol. The third-order valence-corrected chi connectivity index (χ3v) is 3.91. The highest BCUT2D eigenvalue weighted by atomic mass is 127. The Hall–Kier alpha value is -2.48. The molecule has 24 heavy (non-hydrogen) atoms. The molecule has 2 aromatic rings. The van der Waals surface area contributed by atoms with Crippen molar-refractivity contribution < 1.29 is 9.59 Å². The van der Waals surface area contributed by atoms with Gasteiger partial charge in [0, 0.05) is 9.78 Å². The predicted octanol–water partition coefficient (Wildman–Crippen LogP) is 2.84. The van der Waals surface area contributed by atoms with E-state index in [1.807, 2.05) is 48.5 Å². The minimum absolute atomic E-state index is 0.135. The maximum absolute atomic E-state index is 12.0. The lowest BCUT2D eigenvalue weighted by Gasteiger charge is -2.05. The Labute approximate surface area is 154 Å². The van der Waals surface area contributed by atoms with Crippen LogP contribution in [-0.4, -0.2) is 24.6 Å². The number of benzene rings is 2. The Morgan fingerprint density at radius 2 is 1.75 bits per heavy atom. The molecule has 2 N–H and O–H groups in total. The van der Waals surface area contributed by atoms with Gasteiger partial charge in [-0.25, -0.2) is 5.43 Å². The zero-order chi connectivity index (χ0) is 17.2. The highest BCUT2D eigenvalue weighted by molar-refractivity contribution is 14.1. The van der Waals surface area contributed by atoms with Crippen molar-refractivity contribution in [1.29, 1.82) is 0 Å². The van der Waals surface area contributed by atoms with Gasteiger partial charge < -0.3 is 5.32 Å². The van der Waals surface area contributed by atoms with Crippen LogP contribution in [0.25, 0.3) is 6.08 Å². The Morgan fingerprint density at radius 1 is 1.04 bits per heavy atom. The molecule has 0 saturated heterocycles. The van der Waals surface area contributed by atoms with Crippen LogP contribution in [0.4, 0.5) is 0 Å². The van der Waals surface area contributed by atoms with Crippen LogP contribution in [0.1, 0.15) is 15.9 Å². The number of allylic oxidation sites excluding steroid dienone is 1. The van der Waals surface area contributed by atoms with Gasteiger partial charge in [-0.2, -0.15) is 5.10 Å². The van der Waals surface area contributed by atoms with Gasteiger partial charge in [-0.3, -0.25) is 9.59 Å². The average Bonchev–Trinajstić information content (AvgIpc) is 2.60. The summed E-state index contributed by atoms with van der Waals surface area (Å²) in [6, 6.07) is 16.9. The Balaban J connectivity index is 1.73. The van der Waals surface area contributed by atoms with Crippen LogP contribution >= 0.6 is 22.6 Å². The molecule has 2 rings (SSSR count). The second kappa shape index (κ2) is 9.61. The minimum atomic E-state index is -0.390. The number of amides is 2. The highest BCUT2D eigenvalue weighted by Crippen LogP contribution is 2.10. The highest BCUT2D eigenvalue weighted by Gasteiger charge is 2.09. The number of hydrazone groups is 1. The molecule has 0 atom stereocenters. The first-order chi connectivity index (χ1) is 11.7. The van der Waals surface area contributed by atoms with E-state index >= 15 is 0 Å². The van der Waals surface area contributed by atoms with Gasteiger partial charge in [-0.05, 0) is 46.4 Å². The lowest BCUT2D eigenvalue weighted by atomic mass is 10.2. The molecule has 0 saturated carbocycles. The summed E-state index contributed by atoms with van der Waals surface area (Å²) in [6.45, 7) is -0.135. The molecule has 0 aliphatic rings. The molecule has 0 unspecified atom stereocenters. The van der Waals surface area contributed by atoms with E-state index in [1.165, 1.54) is 6.21 Å². The van der Waals surface area contributed by atoms with Crippen molar-refractivity contribution >= 4 is 46.7 Å². The first-order valence-electron chi connectivity index (χ1n) is 7.23.